The lowest BCUT2D eigenvalue weighted by molar-refractivity contribution is -0.385. The van der Waals surface area contributed by atoms with Crippen LogP contribution in [0.15, 0.2) is 47.5 Å². The van der Waals surface area contributed by atoms with Gasteiger partial charge in [0.2, 0.25) is 10.0 Å². The van der Waals surface area contributed by atoms with Gasteiger partial charge in [-0.1, -0.05) is 6.07 Å². The van der Waals surface area contributed by atoms with E-state index in [1.165, 1.54) is 18.2 Å². The molecule has 1 aromatic heterocycles. The molecule has 0 saturated carbocycles. The number of carbonyl (C=O) groups is 1. The largest absolute Gasteiger partial charge is 0.355 e. The fraction of sp³-hybridized carbons (Fsp3) is 0.333. The highest BCUT2D eigenvalue weighted by atomic mass is 32.2. The van der Waals surface area contributed by atoms with E-state index in [2.05, 4.69) is 25.2 Å². The van der Waals surface area contributed by atoms with Crippen molar-refractivity contribution in [2.24, 2.45) is 0 Å². The van der Waals surface area contributed by atoms with Crippen LogP contribution in [0.5, 0.6) is 0 Å². The van der Waals surface area contributed by atoms with E-state index < -0.39 is 21.0 Å². The van der Waals surface area contributed by atoms with Crippen LogP contribution in [0, 0.1) is 10.1 Å². The molecule has 0 radical (unpaired) electrons. The van der Waals surface area contributed by atoms with Gasteiger partial charge in [-0.05, 0) is 31.0 Å². The lowest BCUT2D eigenvalue weighted by Crippen LogP contribution is -2.37. The summed E-state index contributed by atoms with van der Waals surface area (Å²) in [6, 6.07) is 7.73. The number of anilines is 2. The quantitative estimate of drug-likeness (QED) is 0.325. The first-order valence-electron chi connectivity index (χ1n) is 9.36. The van der Waals surface area contributed by atoms with Crippen molar-refractivity contribution in [3.63, 3.8) is 0 Å². The van der Waals surface area contributed by atoms with Crippen LogP contribution in [-0.4, -0.2) is 50.5 Å². The minimum atomic E-state index is -3.93. The Balaban J connectivity index is 1.51. The Kier molecular flexibility index (Phi) is 6.79. The normalized spacial score (nSPS) is 13.8. The standard InChI is InChI=1S/C18H22N6O5S/c25-18(22-16-7-4-8-19-17(16)23-11-1-2-12-23)20-9-10-21-30(28,29)15-6-3-5-14(13-15)24(26)27/h3-8,13,21H,1-2,9-12H2,(H2,20,22,25). The fourth-order valence-corrected chi connectivity index (χ4v) is 4.12. The molecule has 2 heterocycles. The number of carbonyl (C=O) groups excluding carboxylic acids is 1. The first kappa shape index (κ1) is 21.5. The smallest absolute Gasteiger partial charge is 0.319 e. The molecule has 160 valence electrons. The summed E-state index contributed by atoms with van der Waals surface area (Å²) in [7, 11) is -3.93. The molecule has 1 aromatic carbocycles. The Labute approximate surface area is 173 Å². The SMILES string of the molecule is O=C(NCCNS(=O)(=O)c1cccc([N+](=O)[O-])c1)Nc1cccnc1N1CCCC1. The van der Waals surface area contributed by atoms with Crippen LogP contribution in [0.1, 0.15) is 12.8 Å². The summed E-state index contributed by atoms with van der Waals surface area (Å²) in [5, 5.41) is 16.1. The van der Waals surface area contributed by atoms with Crippen molar-refractivity contribution < 1.29 is 18.1 Å². The second-order valence-electron chi connectivity index (χ2n) is 6.60. The number of hydrogen-bond donors (Lipinski definition) is 3. The predicted octanol–water partition coefficient (Wildman–Crippen LogP) is 1.69. The lowest BCUT2D eigenvalue weighted by Gasteiger charge is -2.20. The molecule has 3 rings (SSSR count). The van der Waals surface area contributed by atoms with Gasteiger partial charge in [-0.2, -0.15) is 0 Å². The van der Waals surface area contributed by atoms with Crippen molar-refractivity contribution >= 4 is 33.2 Å². The van der Waals surface area contributed by atoms with Gasteiger partial charge in [-0.3, -0.25) is 10.1 Å². The highest BCUT2D eigenvalue weighted by Gasteiger charge is 2.19. The predicted molar refractivity (Wildman–Crippen MR) is 111 cm³/mol. The number of urea groups is 1. The molecule has 30 heavy (non-hydrogen) atoms. The van der Waals surface area contributed by atoms with Crippen LogP contribution in [-0.2, 0) is 10.0 Å². The van der Waals surface area contributed by atoms with Crippen LogP contribution in [0.25, 0.3) is 0 Å². The number of pyridine rings is 1. The molecule has 0 atom stereocenters. The van der Waals surface area contributed by atoms with E-state index in [0.717, 1.165) is 32.0 Å². The van der Waals surface area contributed by atoms with Crippen molar-refractivity contribution in [2.75, 3.05) is 36.4 Å². The molecule has 0 spiro atoms. The number of hydrogen-bond acceptors (Lipinski definition) is 7. The minimum absolute atomic E-state index is 0.0271. The van der Waals surface area contributed by atoms with Crippen LogP contribution in [0.4, 0.5) is 22.0 Å². The lowest BCUT2D eigenvalue weighted by atomic mass is 10.3. The molecule has 11 nitrogen and oxygen atoms in total. The van der Waals surface area contributed by atoms with E-state index >= 15 is 0 Å². The second kappa shape index (κ2) is 9.50. The van der Waals surface area contributed by atoms with Gasteiger partial charge in [0.15, 0.2) is 5.82 Å². The fourth-order valence-electron chi connectivity index (χ4n) is 3.05. The summed E-state index contributed by atoms with van der Waals surface area (Å²) in [4.78, 5) is 28.5. The van der Waals surface area contributed by atoms with Crippen LogP contribution in [0.3, 0.4) is 0 Å². The van der Waals surface area contributed by atoms with Crippen molar-refractivity contribution in [1.82, 2.24) is 15.0 Å². The molecular formula is C18H22N6O5S. The molecule has 1 fully saturated rings. The first-order valence-corrected chi connectivity index (χ1v) is 10.8. The number of benzene rings is 1. The monoisotopic (exact) mass is 434 g/mol. The minimum Gasteiger partial charge on any atom is -0.355 e. The topological polar surface area (TPSA) is 147 Å². The summed E-state index contributed by atoms with van der Waals surface area (Å²) in [6.45, 7) is 1.71. The maximum Gasteiger partial charge on any atom is 0.319 e. The molecule has 0 unspecified atom stereocenters. The number of sulfonamides is 1. The molecule has 2 aromatic rings. The van der Waals surface area contributed by atoms with Crippen molar-refractivity contribution in [3.05, 3.63) is 52.7 Å². The second-order valence-corrected chi connectivity index (χ2v) is 8.37. The number of nitrogens with zero attached hydrogens (tertiary/aromatic N) is 3. The molecule has 1 saturated heterocycles. The highest BCUT2D eigenvalue weighted by Crippen LogP contribution is 2.25. The number of non-ortho nitro benzene ring substituents is 1. The molecule has 3 N–H and O–H groups in total. The third-order valence-corrected chi connectivity index (χ3v) is 5.94. The number of nitro groups is 1. The summed E-state index contributed by atoms with van der Waals surface area (Å²) in [5.41, 5.74) is 0.259. The van der Waals surface area contributed by atoms with Crippen LogP contribution >= 0.6 is 0 Å². The molecule has 0 aliphatic carbocycles. The molecule has 0 bridgehead atoms. The number of rotatable bonds is 8. The van der Waals surface area contributed by atoms with E-state index in [1.54, 1.807) is 18.3 Å². The highest BCUT2D eigenvalue weighted by molar-refractivity contribution is 7.89. The van der Waals surface area contributed by atoms with E-state index in [1.807, 2.05) is 0 Å². The average Bonchev–Trinajstić information content (AvgIpc) is 3.26. The summed E-state index contributed by atoms with van der Waals surface area (Å²) < 4.78 is 26.8. The van der Waals surface area contributed by atoms with Gasteiger partial charge in [-0.25, -0.2) is 22.9 Å². The molecule has 12 heteroatoms. The molecule has 2 amide bonds. The Hall–Kier alpha value is -3.25. The number of nitrogens with one attached hydrogen (secondary N) is 3. The van der Waals surface area contributed by atoms with Gasteiger partial charge < -0.3 is 15.5 Å². The van der Waals surface area contributed by atoms with Gasteiger partial charge in [-0.15, -0.1) is 0 Å². The van der Waals surface area contributed by atoms with E-state index in [-0.39, 0.29) is 23.7 Å². The number of nitro benzene ring substituents is 1. The Bertz CT molecular complexity index is 1020. The Morgan fingerprint density at radius 1 is 1.17 bits per heavy atom. The van der Waals surface area contributed by atoms with Crippen molar-refractivity contribution in [2.45, 2.75) is 17.7 Å². The van der Waals surface area contributed by atoms with Crippen molar-refractivity contribution in [1.29, 1.82) is 0 Å². The molecule has 1 aliphatic heterocycles. The summed E-state index contributed by atoms with van der Waals surface area (Å²) >= 11 is 0. The third kappa shape index (κ3) is 5.42. The Morgan fingerprint density at radius 3 is 2.67 bits per heavy atom. The van der Waals surface area contributed by atoms with Crippen LogP contribution < -0.4 is 20.3 Å². The van der Waals surface area contributed by atoms with Crippen LogP contribution in [0.2, 0.25) is 0 Å². The van der Waals surface area contributed by atoms with E-state index in [4.69, 9.17) is 0 Å². The number of aromatic nitrogens is 1. The zero-order valence-corrected chi connectivity index (χ0v) is 16.9. The van der Waals surface area contributed by atoms with Gasteiger partial charge in [0.1, 0.15) is 0 Å². The zero-order chi connectivity index (χ0) is 21.6. The van der Waals surface area contributed by atoms with Gasteiger partial charge in [0.25, 0.3) is 5.69 Å². The van der Waals surface area contributed by atoms with E-state index in [0.29, 0.717) is 11.5 Å². The number of amides is 2. The van der Waals surface area contributed by atoms with Crippen molar-refractivity contribution in [3.8, 4) is 0 Å². The molecule has 1 aliphatic rings. The Morgan fingerprint density at radius 2 is 1.93 bits per heavy atom. The van der Waals surface area contributed by atoms with Gasteiger partial charge in [0, 0.05) is 44.5 Å². The average molecular weight is 434 g/mol. The molecular weight excluding hydrogens is 412 g/mol. The maximum atomic E-state index is 12.3. The first-order chi connectivity index (χ1) is 14.4. The van der Waals surface area contributed by atoms with E-state index in [9.17, 15) is 23.3 Å². The van der Waals surface area contributed by atoms with Gasteiger partial charge in [0.05, 0.1) is 15.5 Å². The summed E-state index contributed by atoms with van der Waals surface area (Å²) in [5.74, 6) is 0.705. The third-order valence-electron chi connectivity index (χ3n) is 4.48. The van der Waals surface area contributed by atoms with Gasteiger partial charge >= 0.3 is 6.03 Å². The maximum absolute atomic E-state index is 12.3. The zero-order valence-electron chi connectivity index (χ0n) is 16.1. The summed E-state index contributed by atoms with van der Waals surface area (Å²) in [6.07, 6.45) is 3.82.